The van der Waals surface area contributed by atoms with Crippen LogP contribution in [0.4, 0.5) is 15.8 Å². The molecule has 0 N–H and O–H groups in total. The average molecular weight is 343 g/mol. The molecule has 0 saturated carbocycles. The molecule has 0 unspecified atom stereocenters. The summed E-state index contributed by atoms with van der Waals surface area (Å²) in [6.07, 6.45) is 0.156. The summed E-state index contributed by atoms with van der Waals surface area (Å²) in [6, 6.07) is 12.6. The summed E-state index contributed by atoms with van der Waals surface area (Å²) < 4.78 is 13.2. The van der Waals surface area contributed by atoms with Gasteiger partial charge in [0.1, 0.15) is 11.5 Å². The van der Waals surface area contributed by atoms with Gasteiger partial charge in [0.2, 0.25) is 5.91 Å². The van der Waals surface area contributed by atoms with E-state index in [1.54, 1.807) is 35.2 Å². The molecule has 1 aliphatic rings. The topological polar surface area (TPSA) is 66.7 Å². The van der Waals surface area contributed by atoms with E-state index in [9.17, 15) is 19.3 Å². The standard InChI is InChI=1S/C18H18FN3O3/c19-15-5-3-4-14(12-15)13-18(23)21-10-8-20(9-11-21)16-6-1-2-7-17(16)22(24)25/h1-7,12H,8-11,13H2. The minimum atomic E-state index is -0.392. The van der Waals surface area contributed by atoms with E-state index in [0.29, 0.717) is 37.4 Å². The van der Waals surface area contributed by atoms with E-state index >= 15 is 0 Å². The third-order valence-electron chi connectivity index (χ3n) is 4.30. The summed E-state index contributed by atoms with van der Waals surface area (Å²) in [7, 11) is 0. The van der Waals surface area contributed by atoms with Crippen molar-refractivity contribution in [3.63, 3.8) is 0 Å². The first-order valence-electron chi connectivity index (χ1n) is 8.05. The van der Waals surface area contributed by atoms with Gasteiger partial charge in [-0.2, -0.15) is 0 Å². The molecular weight excluding hydrogens is 325 g/mol. The van der Waals surface area contributed by atoms with Crippen LogP contribution in [0.5, 0.6) is 0 Å². The second kappa shape index (κ2) is 7.29. The summed E-state index contributed by atoms with van der Waals surface area (Å²) in [5.41, 5.74) is 1.29. The third-order valence-corrected chi connectivity index (χ3v) is 4.30. The number of rotatable bonds is 4. The minimum absolute atomic E-state index is 0.0622. The number of para-hydroxylation sites is 2. The lowest BCUT2D eigenvalue weighted by molar-refractivity contribution is -0.384. The van der Waals surface area contributed by atoms with E-state index in [0.717, 1.165) is 0 Å². The van der Waals surface area contributed by atoms with E-state index in [1.807, 2.05) is 4.90 Å². The van der Waals surface area contributed by atoms with Gasteiger partial charge in [-0.3, -0.25) is 14.9 Å². The number of hydrogen-bond acceptors (Lipinski definition) is 4. The highest BCUT2D eigenvalue weighted by atomic mass is 19.1. The zero-order valence-corrected chi connectivity index (χ0v) is 13.6. The number of nitro groups is 1. The van der Waals surface area contributed by atoms with Crippen LogP contribution in [0.25, 0.3) is 0 Å². The van der Waals surface area contributed by atoms with Gasteiger partial charge in [0.25, 0.3) is 5.69 Å². The van der Waals surface area contributed by atoms with Gasteiger partial charge in [-0.15, -0.1) is 0 Å². The lowest BCUT2D eigenvalue weighted by atomic mass is 10.1. The molecular formula is C18H18FN3O3. The van der Waals surface area contributed by atoms with Crippen molar-refractivity contribution in [2.24, 2.45) is 0 Å². The summed E-state index contributed by atoms with van der Waals surface area (Å²) in [5.74, 6) is -0.417. The Balaban J connectivity index is 1.62. The summed E-state index contributed by atoms with van der Waals surface area (Å²) in [4.78, 5) is 26.8. The Labute approximate surface area is 144 Å². The van der Waals surface area contributed by atoms with Gasteiger partial charge in [-0.25, -0.2) is 4.39 Å². The lowest BCUT2D eigenvalue weighted by Gasteiger charge is -2.35. The highest BCUT2D eigenvalue weighted by molar-refractivity contribution is 5.79. The van der Waals surface area contributed by atoms with Crippen molar-refractivity contribution in [3.8, 4) is 0 Å². The van der Waals surface area contributed by atoms with Crippen molar-refractivity contribution in [2.75, 3.05) is 31.1 Å². The fraction of sp³-hybridized carbons (Fsp3) is 0.278. The normalized spacial score (nSPS) is 14.4. The van der Waals surface area contributed by atoms with Crippen LogP contribution in [-0.2, 0) is 11.2 Å². The molecule has 0 aromatic heterocycles. The Bertz CT molecular complexity index is 789. The first kappa shape index (κ1) is 16.9. The van der Waals surface area contributed by atoms with E-state index < -0.39 is 4.92 Å². The summed E-state index contributed by atoms with van der Waals surface area (Å²) in [5, 5.41) is 11.2. The Morgan fingerprint density at radius 3 is 2.48 bits per heavy atom. The fourth-order valence-corrected chi connectivity index (χ4v) is 3.02. The van der Waals surface area contributed by atoms with Crippen molar-refractivity contribution in [3.05, 3.63) is 70.0 Å². The number of halogens is 1. The maximum absolute atomic E-state index is 13.2. The maximum atomic E-state index is 13.2. The van der Waals surface area contributed by atoms with Crippen LogP contribution in [0, 0.1) is 15.9 Å². The van der Waals surface area contributed by atoms with Crippen molar-refractivity contribution in [1.29, 1.82) is 0 Å². The molecule has 1 saturated heterocycles. The van der Waals surface area contributed by atoms with Crippen molar-refractivity contribution < 1.29 is 14.1 Å². The Hall–Kier alpha value is -2.96. The predicted molar refractivity (Wildman–Crippen MR) is 92.0 cm³/mol. The molecule has 0 radical (unpaired) electrons. The predicted octanol–water partition coefficient (Wildman–Crippen LogP) is 2.63. The van der Waals surface area contributed by atoms with Crippen LogP contribution in [0.15, 0.2) is 48.5 Å². The van der Waals surface area contributed by atoms with Gasteiger partial charge >= 0.3 is 0 Å². The molecule has 0 bridgehead atoms. The van der Waals surface area contributed by atoms with Gasteiger partial charge in [-0.1, -0.05) is 24.3 Å². The van der Waals surface area contributed by atoms with Gasteiger partial charge in [0.15, 0.2) is 0 Å². The Morgan fingerprint density at radius 2 is 1.80 bits per heavy atom. The number of benzene rings is 2. The average Bonchev–Trinajstić information content (AvgIpc) is 2.62. The Morgan fingerprint density at radius 1 is 1.08 bits per heavy atom. The minimum Gasteiger partial charge on any atom is -0.362 e. The second-order valence-electron chi connectivity index (χ2n) is 5.92. The van der Waals surface area contributed by atoms with Gasteiger partial charge < -0.3 is 9.80 Å². The molecule has 2 aromatic carbocycles. The lowest BCUT2D eigenvalue weighted by Crippen LogP contribution is -2.49. The molecule has 0 atom stereocenters. The number of piperazine rings is 1. The van der Waals surface area contributed by atoms with E-state index in [2.05, 4.69) is 0 Å². The molecule has 25 heavy (non-hydrogen) atoms. The zero-order valence-electron chi connectivity index (χ0n) is 13.6. The molecule has 3 rings (SSSR count). The molecule has 2 aromatic rings. The molecule has 6 nitrogen and oxygen atoms in total. The molecule has 130 valence electrons. The highest BCUT2D eigenvalue weighted by Gasteiger charge is 2.25. The van der Waals surface area contributed by atoms with Gasteiger partial charge in [-0.05, 0) is 23.8 Å². The van der Waals surface area contributed by atoms with E-state index in [4.69, 9.17) is 0 Å². The van der Waals surface area contributed by atoms with Gasteiger partial charge in [0.05, 0.1) is 11.3 Å². The number of carbonyl (C=O) groups is 1. The number of nitro benzene ring substituents is 1. The third kappa shape index (κ3) is 3.93. The number of amides is 1. The number of hydrogen-bond donors (Lipinski definition) is 0. The molecule has 0 aliphatic carbocycles. The SMILES string of the molecule is O=C(Cc1cccc(F)c1)N1CCN(c2ccccc2[N+](=O)[O-])CC1. The Kier molecular flexibility index (Phi) is 4.92. The van der Waals surface area contributed by atoms with Crippen molar-refractivity contribution in [1.82, 2.24) is 4.90 Å². The highest BCUT2D eigenvalue weighted by Crippen LogP contribution is 2.28. The van der Waals surface area contributed by atoms with Gasteiger partial charge in [0, 0.05) is 32.2 Å². The van der Waals surface area contributed by atoms with Crippen LogP contribution in [0.2, 0.25) is 0 Å². The molecule has 1 fully saturated rings. The summed E-state index contributed by atoms with van der Waals surface area (Å²) in [6.45, 7) is 2.03. The molecule has 1 amide bonds. The van der Waals surface area contributed by atoms with Crippen LogP contribution in [0.3, 0.4) is 0 Å². The number of carbonyl (C=O) groups excluding carboxylic acids is 1. The maximum Gasteiger partial charge on any atom is 0.292 e. The smallest absolute Gasteiger partial charge is 0.292 e. The number of anilines is 1. The van der Waals surface area contributed by atoms with Crippen LogP contribution in [-0.4, -0.2) is 41.9 Å². The number of nitrogens with zero attached hydrogens (tertiary/aromatic N) is 3. The molecule has 0 spiro atoms. The quantitative estimate of drug-likeness (QED) is 0.632. The van der Waals surface area contributed by atoms with Crippen LogP contribution < -0.4 is 4.90 Å². The molecule has 7 heteroatoms. The van der Waals surface area contributed by atoms with Crippen LogP contribution >= 0.6 is 0 Å². The second-order valence-corrected chi connectivity index (χ2v) is 5.92. The van der Waals surface area contributed by atoms with E-state index in [-0.39, 0.29) is 23.8 Å². The monoisotopic (exact) mass is 343 g/mol. The van der Waals surface area contributed by atoms with E-state index in [1.165, 1.54) is 18.2 Å². The summed E-state index contributed by atoms with van der Waals surface area (Å²) >= 11 is 0. The largest absolute Gasteiger partial charge is 0.362 e. The van der Waals surface area contributed by atoms with Crippen molar-refractivity contribution >= 4 is 17.3 Å². The zero-order chi connectivity index (χ0) is 17.8. The first-order chi connectivity index (χ1) is 12.0. The molecule has 1 heterocycles. The van der Waals surface area contributed by atoms with Crippen molar-refractivity contribution in [2.45, 2.75) is 6.42 Å². The van der Waals surface area contributed by atoms with Crippen LogP contribution in [0.1, 0.15) is 5.56 Å². The fourth-order valence-electron chi connectivity index (χ4n) is 3.02. The molecule has 1 aliphatic heterocycles. The first-order valence-corrected chi connectivity index (χ1v) is 8.05.